The van der Waals surface area contributed by atoms with E-state index in [1.54, 1.807) is 7.11 Å². The normalized spacial score (nSPS) is 7.94. The number of hydrogen-bond donors (Lipinski definition) is 0. The summed E-state index contributed by atoms with van der Waals surface area (Å²) in [5.74, 6) is 0.878. The Kier molecular flexibility index (Phi) is 10.1. The van der Waals surface area contributed by atoms with E-state index in [0.717, 1.165) is 5.75 Å². The fourth-order valence-electron chi connectivity index (χ4n) is 0.978. The van der Waals surface area contributed by atoms with Gasteiger partial charge in [0.15, 0.2) is 0 Å². The topological polar surface area (TPSA) is 26.3 Å². The zero-order chi connectivity index (χ0) is 12.9. The predicted octanol–water partition coefficient (Wildman–Crippen LogP) is 3.17. The number of aryl methyl sites for hydroxylation is 1. The Hall–Kier alpha value is -1.45. The maximum atomic E-state index is 7.94. The van der Waals surface area contributed by atoms with Gasteiger partial charge < -0.3 is 4.74 Å². The monoisotopic (exact) mass is 273 g/mol. The van der Waals surface area contributed by atoms with Crippen LogP contribution >= 0.6 is 0 Å². The number of rotatable bonds is 1. The molecular weight excluding hydrogens is 259 g/mol. The van der Waals surface area contributed by atoms with Gasteiger partial charge in [0.1, 0.15) is 0 Å². The van der Waals surface area contributed by atoms with Crippen LogP contribution in [0.3, 0.4) is 0 Å². The second-order valence-corrected chi connectivity index (χ2v) is 3.02. The van der Waals surface area contributed by atoms with Crippen molar-refractivity contribution in [2.24, 2.45) is 0 Å². The van der Waals surface area contributed by atoms with Gasteiger partial charge >= 0.3 is 19.5 Å². The van der Waals surface area contributed by atoms with Crippen LogP contribution < -0.4 is 4.74 Å². The van der Waals surface area contributed by atoms with Gasteiger partial charge in [-0.1, -0.05) is 6.92 Å². The molecule has 0 aliphatic carbocycles. The molecule has 3 heteroatoms. The Morgan fingerprint density at radius 1 is 0.941 bits per heavy atom. The van der Waals surface area contributed by atoms with Crippen LogP contribution in [0.1, 0.15) is 5.56 Å². The second kappa shape index (κ2) is 11.0. The van der Waals surface area contributed by atoms with E-state index in [1.165, 1.54) is 5.56 Å². The summed E-state index contributed by atoms with van der Waals surface area (Å²) >= 11 is 2.31. The molecule has 0 aliphatic rings. The molecule has 0 atom stereocenters. The van der Waals surface area contributed by atoms with Crippen LogP contribution in [0.5, 0.6) is 5.75 Å². The third-order valence-corrected chi connectivity index (χ3v) is 1.81. The van der Waals surface area contributed by atoms with Crippen LogP contribution in [0, 0.1) is 19.1 Å². The first-order valence-electron chi connectivity index (χ1n) is 4.89. The van der Waals surface area contributed by atoms with Gasteiger partial charge in [-0.2, -0.15) is 54.1 Å². The van der Waals surface area contributed by atoms with Gasteiger partial charge in [0.25, 0.3) is 0 Å². The summed E-state index contributed by atoms with van der Waals surface area (Å²) in [4.78, 5) is 0. The molecule has 93 valence electrons. The van der Waals surface area contributed by atoms with Crippen molar-refractivity contribution in [3.8, 4) is 5.75 Å². The van der Waals surface area contributed by atoms with Crippen molar-refractivity contribution < 1.29 is 24.3 Å². The van der Waals surface area contributed by atoms with Gasteiger partial charge in [0.2, 0.25) is 0 Å². The number of benzene rings is 2. The molecule has 0 saturated heterocycles. The molecule has 2 rings (SSSR count). The van der Waals surface area contributed by atoms with Gasteiger partial charge in [-0.05, 0) is 0 Å². The van der Waals surface area contributed by atoms with E-state index in [9.17, 15) is 0 Å². The van der Waals surface area contributed by atoms with Crippen molar-refractivity contribution in [2.75, 3.05) is 7.11 Å². The molecule has 0 aliphatic heterocycles. The van der Waals surface area contributed by atoms with Crippen LogP contribution in [-0.2, 0) is 19.5 Å². The molecule has 0 spiro atoms. The summed E-state index contributed by atoms with van der Waals surface area (Å²) in [6, 6.07) is 21.1. The van der Waals surface area contributed by atoms with Crippen molar-refractivity contribution in [2.45, 2.75) is 6.92 Å². The Morgan fingerprint density at radius 2 is 1.35 bits per heavy atom. The van der Waals surface area contributed by atoms with Crippen molar-refractivity contribution in [3.63, 3.8) is 0 Å². The van der Waals surface area contributed by atoms with Gasteiger partial charge in [0.05, 0.1) is 7.11 Å². The average Bonchev–Trinajstić information content (AvgIpc) is 2.43. The van der Waals surface area contributed by atoms with Crippen LogP contribution in [-0.4, -0.2) is 7.11 Å². The fourth-order valence-corrected chi connectivity index (χ4v) is 0.978. The molecule has 2 aromatic rings. The van der Waals surface area contributed by atoms with Crippen molar-refractivity contribution in [1.29, 1.82) is 0 Å². The van der Waals surface area contributed by atoms with E-state index in [0.29, 0.717) is 0 Å². The van der Waals surface area contributed by atoms with E-state index < -0.39 is 0 Å². The third kappa shape index (κ3) is 8.36. The van der Waals surface area contributed by atoms with Crippen LogP contribution in [0.25, 0.3) is 0 Å². The standard InChI is InChI=1S/C7H7O.C7H7.Co.O/c1-8-7-5-3-2-4-6-7;1-7-5-3-2-4-6-7;;/h3-6H,1H3;3-6H,1H3;;/q2*-1;;. The SMILES string of the molecule is COc1cc[c-]cc1.Cc1cc[c-]cc1.[O]=[Co]. The van der Waals surface area contributed by atoms with Gasteiger partial charge in [0, 0.05) is 5.75 Å². The quantitative estimate of drug-likeness (QED) is 0.746. The van der Waals surface area contributed by atoms with Gasteiger partial charge in [-0.15, -0.1) is 12.1 Å². The van der Waals surface area contributed by atoms with E-state index in [4.69, 9.17) is 8.60 Å². The minimum absolute atomic E-state index is 0.878. The van der Waals surface area contributed by atoms with E-state index in [-0.39, 0.29) is 0 Å². The van der Waals surface area contributed by atoms with Gasteiger partial charge in [-0.25, -0.2) is 0 Å². The molecular formula is C14H14CoO2-2. The molecule has 0 amide bonds. The van der Waals surface area contributed by atoms with Gasteiger partial charge in [-0.3, -0.25) is 0 Å². The first kappa shape index (κ1) is 15.5. The summed E-state index contributed by atoms with van der Waals surface area (Å²) in [6.07, 6.45) is 0. The maximum absolute atomic E-state index is 7.94. The molecule has 0 radical (unpaired) electrons. The predicted molar refractivity (Wildman–Crippen MR) is 62.5 cm³/mol. The van der Waals surface area contributed by atoms with Crippen molar-refractivity contribution in [1.82, 2.24) is 0 Å². The van der Waals surface area contributed by atoms with Crippen LogP contribution in [0.15, 0.2) is 48.5 Å². The Labute approximate surface area is 110 Å². The zero-order valence-corrected chi connectivity index (χ0v) is 10.8. The summed E-state index contributed by atoms with van der Waals surface area (Å²) < 4.78 is 12.8. The summed E-state index contributed by atoms with van der Waals surface area (Å²) in [5.41, 5.74) is 1.29. The molecule has 0 heterocycles. The number of hydrogen-bond acceptors (Lipinski definition) is 2. The molecule has 0 N–H and O–H groups in total. The molecule has 0 fully saturated rings. The Morgan fingerprint density at radius 3 is 1.59 bits per heavy atom. The average molecular weight is 273 g/mol. The minimum atomic E-state index is 0.878. The molecule has 0 unspecified atom stereocenters. The second-order valence-electron chi connectivity index (χ2n) is 3.02. The Balaban J connectivity index is 0.000000265. The van der Waals surface area contributed by atoms with Crippen LogP contribution in [0.4, 0.5) is 0 Å². The summed E-state index contributed by atoms with van der Waals surface area (Å²) in [7, 11) is 1.65. The number of ether oxygens (including phenoxy) is 1. The van der Waals surface area contributed by atoms with E-state index >= 15 is 0 Å². The number of methoxy groups -OCH3 is 1. The molecule has 0 aromatic heterocycles. The molecule has 0 bridgehead atoms. The van der Waals surface area contributed by atoms with Crippen LogP contribution in [0.2, 0.25) is 0 Å². The molecule has 17 heavy (non-hydrogen) atoms. The Bertz CT molecular complexity index is 376. The van der Waals surface area contributed by atoms with Crippen molar-refractivity contribution >= 4 is 0 Å². The van der Waals surface area contributed by atoms with E-state index in [2.05, 4.69) is 34.7 Å². The molecule has 0 saturated carbocycles. The first-order valence-corrected chi connectivity index (χ1v) is 5.32. The first-order chi connectivity index (χ1) is 8.33. The fraction of sp³-hybridized carbons (Fsp3) is 0.143. The summed E-state index contributed by atoms with van der Waals surface area (Å²) in [5, 5.41) is 0. The van der Waals surface area contributed by atoms with E-state index in [1.807, 2.05) is 48.5 Å². The summed E-state index contributed by atoms with van der Waals surface area (Å²) in [6.45, 7) is 2.06. The van der Waals surface area contributed by atoms with Crippen molar-refractivity contribution in [3.05, 3.63) is 66.2 Å². The molecule has 2 nitrogen and oxygen atoms in total. The third-order valence-electron chi connectivity index (χ3n) is 1.81. The zero-order valence-electron chi connectivity index (χ0n) is 9.77. The molecule has 2 aromatic carbocycles.